The van der Waals surface area contributed by atoms with Gasteiger partial charge in [0.1, 0.15) is 6.10 Å². The van der Waals surface area contributed by atoms with Crippen molar-refractivity contribution in [3.8, 4) is 0 Å². The molecule has 1 atom stereocenters. The molecule has 0 saturated carbocycles. The molecule has 0 aromatic carbocycles. The van der Waals surface area contributed by atoms with Crippen molar-refractivity contribution in [2.45, 2.75) is 25.9 Å². The van der Waals surface area contributed by atoms with E-state index in [1.165, 1.54) is 0 Å². The molecule has 0 spiro atoms. The number of rotatable bonds is 3. The molecular weight excluding hydrogens is 183 g/mol. The Morgan fingerprint density at radius 2 is 2.22 bits per heavy atom. The summed E-state index contributed by atoms with van der Waals surface area (Å²) >= 11 is 3.44. The Kier molecular flexibility index (Phi) is 8.95. The van der Waals surface area contributed by atoms with E-state index in [1.807, 2.05) is 6.92 Å². The molecule has 4 heteroatoms. The molecular formula is C5H10CoO2S. The molecule has 2 nitrogen and oxygen atoms in total. The summed E-state index contributed by atoms with van der Waals surface area (Å²) < 4.78 is 0. The largest absolute Gasteiger partial charge is 0.384 e. The average molecular weight is 193 g/mol. The van der Waals surface area contributed by atoms with Gasteiger partial charge in [0.05, 0.1) is 0 Å². The predicted octanol–water partition coefficient (Wildman–Crippen LogP) is 0.601. The third-order valence-electron chi connectivity index (χ3n) is 0.847. The van der Waals surface area contributed by atoms with E-state index in [0.29, 0.717) is 6.42 Å². The second-order valence-corrected chi connectivity index (χ2v) is 2.08. The van der Waals surface area contributed by atoms with Gasteiger partial charge in [-0.15, -0.1) is 12.6 Å². The standard InChI is InChI=1S/C5H10O2S.Co/c1-2-3-4(6)5(7)8;/h4,6H,2-3H2,1H3,(H,7,8);/t4-;/m0./s1. The van der Waals surface area contributed by atoms with Gasteiger partial charge in [-0.1, -0.05) is 13.3 Å². The average Bonchev–Trinajstić information content (AvgIpc) is 1.67. The van der Waals surface area contributed by atoms with Crippen LogP contribution in [-0.2, 0) is 21.6 Å². The summed E-state index contributed by atoms with van der Waals surface area (Å²) in [4.78, 5) is 10.1. The Labute approximate surface area is 70.6 Å². The zero-order valence-corrected chi connectivity index (χ0v) is 7.06. The molecule has 0 aliphatic heterocycles. The van der Waals surface area contributed by atoms with Gasteiger partial charge >= 0.3 is 0 Å². The fraction of sp³-hybridized carbons (Fsp3) is 0.800. The Balaban J connectivity index is 0. The summed E-state index contributed by atoms with van der Waals surface area (Å²) in [6.45, 7) is 1.90. The topological polar surface area (TPSA) is 37.3 Å². The van der Waals surface area contributed by atoms with Crippen LogP contribution in [0.15, 0.2) is 0 Å². The minimum atomic E-state index is -0.858. The van der Waals surface area contributed by atoms with E-state index in [1.54, 1.807) is 0 Å². The number of hydrogen-bond acceptors (Lipinski definition) is 2. The number of carbonyl (C=O) groups is 1. The van der Waals surface area contributed by atoms with Crippen molar-refractivity contribution >= 4 is 17.7 Å². The third kappa shape index (κ3) is 6.37. The fourth-order valence-electron chi connectivity index (χ4n) is 0.397. The first-order chi connectivity index (χ1) is 3.68. The number of aliphatic hydroxyl groups is 1. The van der Waals surface area contributed by atoms with Crippen LogP contribution in [0.4, 0.5) is 0 Å². The zero-order chi connectivity index (χ0) is 6.57. The molecule has 0 aromatic rings. The van der Waals surface area contributed by atoms with Crippen molar-refractivity contribution in [2.75, 3.05) is 0 Å². The summed E-state index contributed by atoms with van der Waals surface area (Å²) in [5.41, 5.74) is 0. The van der Waals surface area contributed by atoms with Gasteiger partial charge in [-0.05, 0) is 6.42 Å². The molecule has 0 aromatic heterocycles. The summed E-state index contributed by atoms with van der Waals surface area (Å²) in [5.74, 6) is 0. The molecule has 0 amide bonds. The van der Waals surface area contributed by atoms with Gasteiger partial charge in [-0.25, -0.2) is 0 Å². The molecule has 0 aliphatic carbocycles. The molecule has 0 bridgehead atoms. The normalized spacial score (nSPS) is 11.9. The maximum Gasteiger partial charge on any atom is 0.214 e. The van der Waals surface area contributed by atoms with Crippen LogP contribution in [0.2, 0.25) is 0 Å². The van der Waals surface area contributed by atoms with Crippen LogP contribution >= 0.6 is 12.6 Å². The number of carbonyl (C=O) groups excluding carboxylic acids is 1. The summed E-state index contributed by atoms with van der Waals surface area (Å²) in [5, 5.41) is 8.26. The van der Waals surface area contributed by atoms with E-state index < -0.39 is 11.2 Å². The Morgan fingerprint density at radius 1 is 1.78 bits per heavy atom. The van der Waals surface area contributed by atoms with Crippen LogP contribution in [0.3, 0.4) is 0 Å². The van der Waals surface area contributed by atoms with E-state index in [2.05, 4.69) is 12.6 Å². The van der Waals surface area contributed by atoms with Gasteiger partial charge < -0.3 is 5.11 Å². The minimum Gasteiger partial charge on any atom is -0.384 e. The van der Waals surface area contributed by atoms with Gasteiger partial charge in [0.25, 0.3) is 0 Å². The van der Waals surface area contributed by atoms with E-state index in [0.717, 1.165) is 6.42 Å². The maximum atomic E-state index is 10.1. The second-order valence-electron chi connectivity index (χ2n) is 1.64. The molecule has 0 rings (SSSR count). The first-order valence-electron chi connectivity index (χ1n) is 2.59. The van der Waals surface area contributed by atoms with Crippen molar-refractivity contribution in [2.24, 2.45) is 0 Å². The minimum absolute atomic E-state index is 0. The quantitative estimate of drug-likeness (QED) is 0.644. The van der Waals surface area contributed by atoms with Gasteiger partial charge in [0, 0.05) is 16.8 Å². The van der Waals surface area contributed by atoms with Gasteiger partial charge in [-0.2, -0.15) is 0 Å². The van der Waals surface area contributed by atoms with Gasteiger partial charge in [0.2, 0.25) is 5.12 Å². The third-order valence-corrected chi connectivity index (χ3v) is 1.15. The van der Waals surface area contributed by atoms with Gasteiger partial charge in [-0.3, -0.25) is 4.79 Å². The Bertz CT molecular complexity index is 87.0. The number of hydrogen-bond donors (Lipinski definition) is 2. The van der Waals surface area contributed by atoms with E-state index in [9.17, 15) is 4.79 Å². The van der Waals surface area contributed by atoms with E-state index in [4.69, 9.17) is 5.11 Å². The van der Waals surface area contributed by atoms with Crippen LogP contribution in [0, 0.1) is 0 Å². The smallest absolute Gasteiger partial charge is 0.214 e. The summed E-state index contributed by atoms with van der Waals surface area (Å²) in [7, 11) is 0. The van der Waals surface area contributed by atoms with Crippen LogP contribution in [0.25, 0.3) is 0 Å². The molecule has 1 radical (unpaired) electrons. The fourth-order valence-corrected chi connectivity index (χ4v) is 0.526. The zero-order valence-electron chi connectivity index (χ0n) is 5.13. The van der Waals surface area contributed by atoms with Gasteiger partial charge in [0.15, 0.2) is 0 Å². The summed E-state index contributed by atoms with van der Waals surface area (Å²) in [6.07, 6.45) is 0.471. The first-order valence-corrected chi connectivity index (χ1v) is 3.04. The van der Waals surface area contributed by atoms with Crippen LogP contribution in [0.5, 0.6) is 0 Å². The molecule has 9 heavy (non-hydrogen) atoms. The van der Waals surface area contributed by atoms with E-state index >= 15 is 0 Å². The monoisotopic (exact) mass is 193 g/mol. The molecule has 0 heterocycles. The van der Waals surface area contributed by atoms with E-state index in [-0.39, 0.29) is 16.8 Å². The second kappa shape index (κ2) is 6.60. The molecule has 0 saturated heterocycles. The van der Waals surface area contributed by atoms with Crippen molar-refractivity contribution in [1.82, 2.24) is 0 Å². The predicted molar refractivity (Wildman–Crippen MR) is 34.9 cm³/mol. The molecule has 0 aliphatic rings. The van der Waals surface area contributed by atoms with Crippen molar-refractivity contribution < 1.29 is 26.7 Å². The molecule has 0 unspecified atom stereocenters. The van der Waals surface area contributed by atoms with Crippen LogP contribution in [-0.4, -0.2) is 16.3 Å². The molecule has 57 valence electrons. The SMILES string of the molecule is CCC[C@H](O)C(=O)S.[Co]. The van der Waals surface area contributed by atoms with Crippen LogP contribution < -0.4 is 0 Å². The Morgan fingerprint density at radius 3 is 2.33 bits per heavy atom. The maximum absolute atomic E-state index is 10.1. The molecule has 1 N–H and O–H groups in total. The number of thiol groups is 1. The van der Waals surface area contributed by atoms with Crippen molar-refractivity contribution in [3.63, 3.8) is 0 Å². The van der Waals surface area contributed by atoms with Crippen LogP contribution in [0.1, 0.15) is 19.8 Å². The Hall–Kier alpha value is 0.486. The first kappa shape index (κ1) is 12.2. The summed E-state index contributed by atoms with van der Waals surface area (Å²) in [6, 6.07) is 0. The molecule has 0 fully saturated rings. The number of aliphatic hydroxyl groups excluding tert-OH is 1. The van der Waals surface area contributed by atoms with Crippen molar-refractivity contribution in [3.05, 3.63) is 0 Å². The van der Waals surface area contributed by atoms with Crippen molar-refractivity contribution in [1.29, 1.82) is 0 Å².